The van der Waals surface area contributed by atoms with Crippen molar-refractivity contribution in [1.82, 2.24) is 14.7 Å². The van der Waals surface area contributed by atoms with E-state index in [1.165, 1.54) is 0 Å². The normalized spacial score (nSPS) is 10.1. The quantitative estimate of drug-likeness (QED) is 0.177. The van der Waals surface area contributed by atoms with Gasteiger partial charge in [-0.15, -0.1) is 0 Å². The number of hydrogen-bond acceptors (Lipinski definition) is 3. The number of nitrogens with one attached hydrogen (secondary N) is 3. The second-order valence-electron chi connectivity index (χ2n) is 8.12. The van der Waals surface area contributed by atoms with Gasteiger partial charge in [0.15, 0.2) is 0 Å². The fourth-order valence-corrected chi connectivity index (χ4v) is 2.56. The smallest absolute Gasteiger partial charge is 0.534 e. The van der Waals surface area contributed by atoms with Crippen LogP contribution >= 0.6 is 0 Å². The first kappa shape index (κ1) is 35.1. The Morgan fingerprint density at radius 1 is 0.393 bits per heavy atom. The number of hydrogen-bond donors (Lipinski definition) is 3. The molecule has 0 aromatic carbocycles. The molecule has 6 nitrogen and oxygen atoms in total. The third-order valence-electron chi connectivity index (χ3n) is 3.73. The first-order valence-corrected chi connectivity index (χ1v) is 9.90. The molecule has 0 aliphatic carbocycles. The van der Waals surface area contributed by atoms with E-state index in [0.717, 1.165) is 0 Å². The van der Waals surface area contributed by atoms with Crippen molar-refractivity contribution in [3.8, 4) is 0 Å². The maximum absolute atomic E-state index is 6.90. The molecule has 0 spiro atoms. The summed E-state index contributed by atoms with van der Waals surface area (Å²) in [7, 11) is 0. The monoisotopic (exact) mass is 520 g/mol. The van der Waals surface area contributed by atoms with Crippen molar-refractivity contribution in [3.63, 3.8) is 0 Å². The van der Waals surface area contributed by atoms with Crippen molar-refractivity contribution in [1.29, 1.82) is 16.2 Å². The minimum absolute atomic E-state index is 0. The summed E-state index contributed by atoms with van der Waals surface area (Å²) >= 11 is 0. The molecular weight excluding hydrogens is 475 g/mol. The van der Waals surface area contributed by atoms with Crippen LogP contribution in [0.5, 0.6) is 0 Å². The van der Waals surface area contributed by atoms with Crippen molar-refractivity contribution >= 4 is 19.0 Å². The van der Waals surface area contributed by atoms with Gasteiger partial charge in [0.05, 0.1) is 0 Å². The van der Waals surface area contributed by atoms with Gasteiger partial charge < -0.3 is 49.9 Å². The molecule has 0 bridgehead atoms. The molecule has 0 saturated heterocycles. The van der Waals surface area contributed by atoms with E-state index in [1.54, 1.807) is 0 Å². The van der Waals surface area contributed by atoms with Crippen LogP contribution in [0.15, 0.2) is 0 Å². The maximum atomic E-state index is 6.90. The van der Waals surface area contributed by atoms with E-state index in [2.05, 4.69) is 102 Å². The predicted molar refractivity (Wildman–Crippen MR) is 120 cm³/mol. The van der Waals surface area contributed by atoms with Crippen LogP contribution in [0.3, 0.4) is 0 Å². The molecule has 0 rings (SSSR count). The van der Waals surface area contributed by atoms with Crippen LogP contribution in [-0.2, 0) is 0 Å². The van der Waals surface area contributed by atoms with Gasteiger partial charge in [-0.25, -0.2) is 0 Å². The minimum atomic E-state index is 0. The fraction of sp³-hybridized carbons (Fsp3) is 0.857. The van der Waals surface area contributed by atoms with Gasteiger partial charge in [0.2, 0.25) is 0 Å². The summed E-state index contributed by atoms with van der Waals surface area (Å²) in [5.74, 6) is 0. The molecule has 0 atom stereocenters. The summed E-state index contributed by atoms with van der Waals surface area (Å²) in [5, 5.41) is 20.7. The minimum Gasteiger partial charge on any atom is -0.534 e. The van der Waals surface area contributed by atoms with Crippen molar-refractivity contribution in [2.75, 3.05) is 0 Å². The summed E-state index contributed by atoms with van der Waals surface area (Å²) in [6, 6.07) is 2.35. The summed E-state index contributed by atoms with van der Waals surface area (Å²) in [6.07, 6.45) is 7.15. The number of nitrogens with zero attached hydrogens (tertiary/aromatic N) is 3. The molecule has 0 amide bonds. The molecule has 0 aliphatic rings. The van der Waals surface area contributed by atoms with E-state index < -0.39 is 0 Å². The van der Waals surface area contributed by atoms with E-state index in [1.807, 2.05) is 14.7 Å². The molecule has 3 N–H and O–H groups in total. The van der Waals surface area contributed by atoms with E-state index in [0.29, 0.717) is 36.3 Å². The topological polar surface area (TPSA) is 81.3 Å². The van der Waals surface area contributed by atoms with Gasteiger partial charge in [-0.1, -0.05) is 0 Å². The Labute approximate surface area is 203 Å². The summed E-state index contributed by atoms with van der Waals surface area (Å²) in [5.41, 5.74) is 0. The van der Waals surface area contributed by atoms with Crippen LogP contribution in [-0.4, -0.2) is 70.0 Å². The summed E-state index contributed by atoms with van der Waals surface area (Å²) in [4.78, 5) is 5.62. The molecule has 0 heterocycles. The molecule has 0 aromatic heterocycles. The average molecular weight is 521 g/mol. The van der Waals surface area contributed by atoms with Crippen molar-refractivity contribution in [2.24, 2.45) is 0 Å². The Morgan fingerprint density at radius 2 is 0.500 bits per heavy atom. The van der Waals surface area contributed by atoms with Gasteiger partial charge in [-0.3, -0.25) is 0 Å². The van der Waals surface area contributed by atoms with Gasteiger partial charge in [-0.05, 0) is 119 Å². The predicted octanol–water partition coefficient (Wildman–Crippen LogP) is 4.77. The molecule has 0 fully saturated rings. The molecule has 0 radical (unpaired) electrons. The third-order valence-corrected chi connectivity index (χ3v) is 3.73. The third kappa shape index (κ3) is 17.7. The standard InChI is InChI=1S/3C7H15N2.La/c3*1-6(2)9(5-8)7(3)4;/h3*6-8H,1-4H3;/q3*-1;+3. The summed E-state index contributed by atoms with van der Waals surface area (Å²) in [6.45, 7) is 24.7. The Kier molecular flexibility index (Phi) is 24.9. The zero-order chi connectivity index (χ0) is 22.3. The molecule has 0 saturated carbocycles. The largest absolute Gasteiger partial charge is 3.00 e. The average Bonchev–Trinajstić information content (AvgIpc) is 2.47. The van der Waals surface area contributed by atoms with Crippen LogP contribution < -0.4 is 0 Å². The van der Waals surface area contributed by atoms with Crippen LogP contribution in [0.25, 0.3) is 0 Å². The van der Waals surface area contributed by atoms with E-state index in [-0.39, 0.29) is 35.6 Å². The summed E-state index contributed by atoms with van der Waals surface area (Å²) < 4.78 is 0. The zero-order valence-electron chi connectivity index (χ0n) is 20.4. The molecule has 0 aliphatic heterocycles. The number of rotatable bonds is 9. The maximum Gasteiger partial charge on any atom is 3.00 e. The van der Waals surface area contributed by atoms with Gasteiger partial charge in [0, 0.05) is 0 Å². The molecule has 28 heavy (non-hydrogen) atoms. The van der Waals surface area contributed by atoms with Crippen LogP contribution in [0, 0.1) is 51.8 Å². The molecule has 0 aromatic rings. The van der Waals surface area contributed by atoms with Crippen LogP contribution in [0.1, 0.15) is 83.1 Å². The first-order chi connectivity index (χ1) is 12.3. The van der Waals surface area contributed by atoms with Gasteiger partial charge in [-0.2, -0.15) is 0 Å². The molecular formula is C21H45LaN6. The van der Waals surface area contributed by atoms with E-state index in [4.69, 9.17) is 16.2 Å². The van der Waals surface area contributed by atoms with Crippen molar-refractivity contribution in [3.05, 3.63) is 0 Å². The van der Waals surface area contributed by atoms with Crippen molar-refractivity contribution < 1.29 is 35.6 Å². The SMILES string of the molecule is CC(C)N([C-]=N)C(C)C.CC(C)N([C-]=N)C(C)C.CC(C)N([C-]=N)C(C)C.[La+3]. The Hall–Kier alpha value is -0.395. The van der Waals surface area contributed by atoms with Gasteiger partial charge >= 0.3 is 35.6 Å². The molecule has 7 heteroatoms. The second kappa shape index (κ2) is 19.9. The van der Waals surface area contributed by atoms with Gasteiger partial charge in [0.25, 0.3) is 0 Å². The van der Waals surface area contributed by atoms with E-state index >= 15 is 0 Å². The fourth-order valence-electron chi connectivity index (χ4n) is 2.56. The van der Waals surface area contributed by atoms with Crippen molar-refractivity contribution in [2.45, 2.75) is 119 Å². The van der Waals surface area contributed by atoms with Crippen LogP contribution in [0.2, 0.25) is 0 Å². The van der Waals surface area contributed by atoms with Crippen LogP contribution in [0.4, 0.5) is 0 Å². The Balaban J connectivity index is -0.000000152. The van der Waals surface area contributed by atoms with Gasteiger partial charge in [0.1, 0.15) is 0 Å². The molecule has 162 valence electrons. The second-order valence-corrected chi connectivity index (χ2v) is 8.12. The molecule has 0 unspecified atom stereocenters. The Morgan fingerprint density at radius 3 is 0.500 bits per heavy atom. The first-order valence-electron chi connectivity index (χ1n) is 9.90. The Bertz CT molecular complexity index is 300. The zero-order valence-corrected chi connectivity index (χ0v) is 24.0. The van der Waals surface area contributed by atoms with E-state index in [9.17, 15) is 0 Å².